The number of guanidine groups is 1. The number of piperidine rings is 1. The molecule has 2 N–H and O–H groups in total. The fraction of sp³-hybridized carbons (Fsp3) is 0.565. The van der Waals surface area contributed by atoms with E-state index in [1.165, 1.54) is 24.1 Å². The summed E-state index contributed by atoms with van der Waals surface area (Å²) in [6, 6.07) is 6.15. The van der Waals surface area contributed by atoms with Crippen molar-refractivity contribution in [1.82, 2.24) is 20.5 Å². The first-order valence-corrected chi connectivity index (χ1v) is 12.1. The first kappa shape index (κ1) is 25.0. The van der Waals surface area contributed by atoms with E-state index in [1.54, 1.807) is 11.3 Å². The molecule has 0 amide bonds. The van der Waals surface area contributed by atoms with Crippen molar-refractivity contribution < 1.29 is 9.47 Å². The van der Waals surface area contributed by atoms with Gasteiger partial charge in [-0.1, -0.05) is 6.07 Å². The molecular weight excluding hydrogens is 537 g/mol. The van der Waals surface area contributed by atoms with Crippen LogP contribution in [0.15, 0.2) is 28.6 Å². The number of nitrogens with zero attached hydrogens (tertiary/aromatic N) is 3. The molecule has 7 nitrogen and oxygen atoms in total. The van der Waals surface area contributed by atoms with Crippen molar-refractivity contribution >= 4 is 41.3 Å². The zero-order chi connectivity index (χ0) is 21.5. The van der Waals surface area contributed by atoms with Gasteiger partial charge in [-0.15, -0.1) is 35.3 Å². The number of likely N-dealkylation sites (tertiary alicyclic amines) is 1. The average molecular weight is 572 g/mol. The standard InChI is InChI=1S/C23H33N5O2S.HI/c1-3-24-23(25-9-6-18-4-5-21-22(12-18)30-16-29-21)26-13-19-7-10-28(11-8-19)14-20-15-31-17(2)27-20;/h4-5,12,15,19H,3,6-11,13-14,16H2,1-2H3,(H2,24,25,26);1H. The number of rotatable bonds is 8. The predicted octanol–water partition coefficient (Wildman–Crippen LogP) is 3.81. The molecule has 0 bridgehead atoms. The van der Waals surface area contributed by atoms with E-state index in [9.17, 15) is 0 Å². The summed E-state index contributed by atoms with van der Waals surface area (Å²) in [5, 5.41) is 10.2. The number of aryl methyl sites for hydroxylation is 1. The van der Waals surface area contributed by atoms with Crippen LogP contribution in [0.3, 0.4) is 0 Å². The van der Waals surface area contributed by atoms with Crippen LogP contribution < -0.4 is 20.1 Å². The third-order valence-electron chi connectivity index (χ3n) is 5.75. The van der Waals surface area contributed by atoms with Crippen LogP contribution in [0.5, 0.6) is 11.5 Å². The number of aliphatic imine (C=N–C) groups is 1. The lowest BCUT2D eigenvalue weighted by molar-refractivity contribution is 0.174. The van der Waals surface area contributed by atoms with Gasteiger partial charge >= 0.3 is 0 Å². The number of halogens is 1. The van der Waals surface area contributed by atoms with Crippen LogP contribution in [0.1, 0.15) is 36.0 Å². The Hall–Kier alpha value is -1.59. The lowest BCUT2D eigenvalue weighted by Crippen LogP contribution is -2.39. The van der Waals surface area contributed by atoms with E-state index in [1.807, 2.05) is 6.07 Å². The molecule has 176 valence electrons. The Bertz CT molecular complexity index is 883. The Kier molecular flexibility index (Phi) is 9.86. The smallest absolute Gasteiger partial charge is 0.231 e. The summed E-state index contributed by atoms with van der Waals surface area (Å²) in [4.78, 5) is 12.0. The molecule has 0 aliphatic carbocycles. The molecule has 0 unspecified atom stereocenters. The summed E-state index contributed by atoms with van der Waals surface area (Å²) >= 11 is 1.74. The predicted molar refractivity (Wildman–Crippen MR) is 141 cm³/mol. The Morgan fingerprint density at radius 1 is 1.22 bits per heavy atom. The molecule has 4 rings (SSSR count). The molecule has 0 spiro atoms. The van der Waals surface area contributed by atoms with E-state index in [0.717, 1.165) is 68.2 Å². The van der Waals surface area contributed by atoms with Gasteiger partial charge in [-0.3, -0.25) is 9.89 Å². The van der Waals surface area contributed by atoms with Crippen molar-refractivity contribution in [2.45, 2.75) is 39.7 Å². The Morgan fingerprint density at radius 2 is 2.03 bits per heavy atom. The Morgan fingerprint density at radius 3 is 2.78 bits per heavy atom. The molecule has 32 heavy (non-hydrogen) atoms. The summed E-state index contributed by atoms with van der Waals surface area (Å²) in [7, 11) is 0. The number of nitrogens with one attached hydrogen (secondary N) is 2. The maximum absolute atomic E-state index is 5.47. The zero-order valence-electron chi connectivity index (χ0n) is 18.9. The van der Waals surface area contributed by atoms with Gasteiger partial charge in [0.15, 0.2) is 17.5 Å². The monoisotopic (exact) mass is 571 g/mol. The first-order chi connectivity index (χ1) is 15.2. The van der Waals surface area contributed by atoms with Crippen molar-refractivity contribution in [1.29, 1.82) is 0 Å². The van der Waals surface area contributed by atoms with Gasteiger partial charge in [0.2, 0.25) is 6.79 Å². The normalized spacial score (nSPS) is 16.6. The van der Waals surface area contributed by atoms with E-state index in [4.69, 9.17) is 14.5 Å². The van der Waals surface area contributed by atoms with Crippen LogP contribution in [0.2, 0.25) is 0 Å². The SMILES string of the molecule is CCNC(=NCC1CCN(Cc2csc(C)n2)CC1)NCCc1ccc2c(c1)OCO2.I. The molecule has 2 aromatic rings. The first-order valence-electron chi connectivity index (χ1n) is 11.2. The molecule has 0 radical (unpaired) electrons. The highest BCUT2D eigenvalue weighted by molar-refractivity contribution is 14.0. The van der Waals surface area contributed by atoms with Crippen LogP contribution >= 0.6 is 35.3 Å². The average Bonchev–Trinajstić information content (AvgIpc) is 3.41. The summed E-state index contributed by atoms with van der Waals surface area (Å²) < 4.78 is 10.8. The minimum absolute atomic E-state index is 0. The number of ether oxygens (including phenoxy) is 2. The molecule has 2 aliphatic heterocycles. The second-order valence-electron chi connectivity index (χ2n) is 8.16. The highest BCUT2D eigenvalue weighted by Gasteiger charge is 2.20. The van der Waals surface area contributed by atoms with Gasteiger partial charge in [0.25, 0.3) is 0 Å². The van der Waals surface area contributed by atoms with Gasteiger partial charge in [-0.2, -0.15) is 0 Å². The van der Waals surface area contributed by atoms with E-state index in [2.05, 4.69) is 51.9 Å². The summed E-state index contributed by atoms with van der Waals surface area (Å²) in [5.74, 6) is 3.23. The van der Waals surface area contributed by atoms with E-state index in [0.29, 0.717) is 12.7 Å². The lowest BCUT2D eigenvalue weighted by atomic mass is 9.97. The van der Waals surface area contributed by atoms with Crippen molar-refractivity contribution in [2.24, 2.45) is 10.9 Å². The molecule has 0 saturated carbocycles. The molecule has 1 aromatic carbocycles. The summed E-state index contributed by atoms with van der Waals surface area (Å²) in [5.41, 5.74) is 2.44. The lowest BCUT2D eigenvalue weighted by Gasteiger charge is -2.30. The Labute approximate surface area is 212 Å². The number of hydrogen-bond donors (Lipinski definition) is 2. The van der Waals surface area contributed by atoms with Crippen molar-refractivity contribution in [3.63, 3.8) is 0 Å². The molecule has 1 fully saturated rings. The molecular formula is C23H34IN5O2S. The third kappa shape index (κ3) is 7.21. The largest absolute Gasteiger partial charge is 0.454 e. The quantitative estimate of drug-likeness (QED) is 0.286. The third-order valence-corrected chi connectivity index (χ3v) is 6.58. The second kappa shape index (κ2) is 12.6. The highest BCUT2D eigenvalue weighted by atomic mass is 127. The van der Waals surface area contributed by atoms with Gasteiger partial charge in [0.05, 0.1) is 10.7 Å². The van der Waals surface area contributed by atoms with Gasteiger partial charge in [-0.05, 0) is 69.8 Å². The molecule has 3 heterocycles. The van der Waals surface area contributed by atoms with Crippen LogP contribution in [0.4, 0.5) is 0 Å². The molecule has 9 heteroatoms. The fourth-order valence-electron chi connectivity index (χ4n) is 4.02. The van der Waals surface area contributed by atoms with Crippen molar-refractivity contribution in [3.8, 4) is 11.5 Å². The van der Waals surface area contributed by atoms with Gasteiger partial charge in [-0.25, -0.2) is 4.98 Å². The van der Waals surface area contributed by atoms with Gasteiger partial charge in [0, 0.05) is 31.6 Å². The number of aromatic nitrogens is 1. The maximum atomic E-state index is 5.47. The van der Waals surface area contributed by atoms with Crippen molar-refractivity contribution in [2.75, 3.05) is 39.5 Å². The summed E-state index contributed by atoms with van der Waals surface area (Å²) in [6.07, 6.45) is 3.31. The van der Waals surface area contributed by atoms with Crippen LogP contribution in [0.25, 0.3) is 0 Å². The molecule has 1 saturated heterocycles. The molecule has 1 aromatic heterocycles. The topological polar surface area (TPSA) is 71.0 Å². The molecule has 2 aliphatic rings. The Balaban J connectivity index is 0.00000289. The second-order valence-corrected chi connectivity index (χ2v) is 9.22. The fourth-order valence-corrected chi connectivity index (χ4v) is 4.62. The minimum atomic E-state index is 0. The van der Waals surface area contributed by atoms with Crippen LogP contribution in [-0.4, -0.2) is 55.4 Å². The summed E-state index contributed by atoms with van der Waals surface area (Å²) in [6.45, 7) is 10.3. The van der Waals surface area contributed by atoms with E-state index >= 15 is 0 Å². The van der Waals surface area contributed by atoms with Crippen molar-refractivity contribution in [3.05, 3.63) is 39.8 Å². The van der Waals surface area contributed by atoms with E-state index in [-0.39, 0.29) is 24.0 Å². The number of thiazole rings is 1. The van der Waals surface area contributed by atoms with E-state index < -0.39 is 0 Å². The van der Waals surface area contributed by atoms with Crippen LogP contribution in [0, 0.1) is 12.8 Å². The number of benzene rings is 1. The van der Waals surface area contributed by atoms with Gasteiger partial charge < -0.3 is 20.1 Å². The van der Waals surface area contributed by atoms with Gasteiger partial charge in [0.1, 0.15) is 0 Å². The number of hydrogen-bond acceptors (Lipinski definition) is 6. The van der Waals surface area contributed by atoms with Crippen LogP contribution in [-0.2, 0) is 13.0 Å². The maximum Gasteiger partial charge on any atom is 0.231 e. The molecule has 0 atom stereocenters. The highest BCUT2D eigenvalue weighted by Crippen LogP contribution is 2.32. The minimum Gasteiger partial charge on any atom is -0.454 e. The number of fused-ring (bicyclic) bond motifs is 1. The zero-order valence-corrected chi connectivity index (χ0v) is 22.1.